The molecule has 5 heteroatoms. The molecule has 1 amide bonds. The summed E-state index contributed by atoms with van der Waals surface area (Å²) < 4.78 is 1.65. The molecule has 0 bridgehead atoms. The zero-order valence-electron chi connectivity index (χ0n) is 11.1. The van der Waals surface area contributed by atoms with Crippen LogP contribution in [0.5, 0.6) is 0 Å². The summed E-state index contributed by atoms with van der Waals surface area (Å²) in [5.41, 5.74) is 6.77. The molecular weight excluding hydrogens is 228 g/mol. The first kappa shape index (κ1) is 12.9. The van der Waals surface area contributed by atoms with Gasteiger partial charge in [0.15, 0.2) is 0 Å². The van der Waals surface area contributed by atoms with E-state index in [0.29, 0.717) is 23.8 Å². The fraction of sp³-hybridized carbons (Fsp3) is 0.692. The number of hydrogen-bond donors (Lipinski definition) is 2. The maximum atomic E-state index is 12.3. The lowest BCUT2D eigenvalue weighted by Gasteiger charge is -2.29. The van der Waals surface area contributed by atoms with Crippen molar-refractivity contribution in [1.29, 1.82) is 0 Å². The summed E-state index contributed by atoms with van der Waals surface area (Å²) in [6, 6.07) is 0.269. The maximum absolute atomic E-state index is 12.3. The molecule has 2 rings (SSSR count). The van der Waals surface area contributed by atoms with Crippen molar-refractivity contribution >= 4 is 11.6 Å². The molecule has 0 saturated heterocycles. The van der Waals surface area contributed by atoms with Crippen molar-refractivity contribution in [2.75, 3.05) is 5.73 Å². The van der Waals surface area contributed by atoms with E-state index < -0.39 is 0 Å². The Morgan fingerprint density at radius 2 is 2.28 bits per heavy atom. The zero-order chi connectivity index (χ0) is 13.1. The zero-order valence-corrected chi connectivity index (χ0v) is 11.1. The van der Waals surface area contributed by atoms with Crippen LogP contribution in [-0.4, -0.2) is 21.7 Å². The molecule has 0 spiro atoms. The smallest absolute Gasteiger partial charge is 0.271 e. The summed E-state index contributed by atoms with van der Waals surface area (Å²) in [5, 5.41) is 7.21. The second kappa shape index (κ2) is 5.42. The molecule has 1 heterocycles. The number of carbonyl (C=O) groups is 1. The largest absolute Gasteiger partial charge is 0.396 e. The monoisotopic (exact) mass is 250 g/mol. The van der Waals surface area contributed by atoms with E-state index in [-0.39, 0.29) is 11.9 Å². The number of hydrogen-bond acceptors (Lipinski definition) is 3. The van der Waals surface area contributed by atoms with E-state index in [4.69, 9.17) is 5.73 Å². The van der Waals surface area contributed by atoms with Crippen molar-refractivity contribution in [1.82, 2.24) is 15.1 Å². The number of anilines is 1. The summed E-state index contributed by atoms with van der Waals surface area (Å²) in [5.74, 6) is 0.451. The second-order valence-electron chi connectivity index (χ2n) is 5.11. The third-order valence-corrected chi connectivity index (χ3v) is 3.81. The van der Waals surface area contributed by atoms with Crippen molar-refractivity contribution in [2.24, 2.45) is 5.92 Å². The molecule has 0 aromatic carbocycles. The molecule has 1 aliphatic carbocycles. The van der Waals surface area contributed by atoms with E-state index in [1.807, 2.05) is 6.92 Å². The van der Waals surface area contributed by atoms with E-state index in [0.717, 1.165) is 6.42 Å². The Kier molecular flexibility index (Phi) is 3.89. The van der Waals surface area contributed by atoms with Gasteiger partial charge in [0.25, 0.3) is 5.91 Å². The summed E-state index contributed by atoms with van der Waals surface area (Å²) in [6.07, 6.45) is 6.25. The average molecular weight is 250 g/mol. The normalized spacial score (nSPS) is 23.9. The molecule has 1 fully saturated rings. The highest BCUT2D eigenvalue weighted by molar-refractivity contribution is 5.97. The van der Waals surface area contributed by atoms with Crippen LogP contribution in [0.25, 0.3) is 0 Å². The lowest BCUT2D eigenvalue weighted by Crippen LogP contribution is -2.42. The minimum Gasteiger partial charge on any atom is -0.396 e. The number of aromatic nitrogens is 2. The van der Waals surface area contributed by atoms with E-state index >= 15 is 0 Å². The minimum absolute atomic E-state index is 0.0920. The lowest BCUT2D eigenvalue weighted by molar-refractivity contribution is 0.0900. The molecule has 1 aliphatic rings. The van der Waals surface area contributed by atoms with Crippen molar-refractivity contribution < 1.29 is 4.79 Å². The van der Waals surface area contributed by atoms with Crippen molar-refractivity contribution in [3.8, 4) is 0 Å². The first-order chi connectivity index (χ1) is 8.63. The third kappa shape index (κ3) is 2.49. The molecule has 2 atom stereocenters. The highest BCUT2D eigenvalue weighted by Gasteiger charge is 2.25. The summed E-state index contributed by atoms with van der Waals surface area (Å²) in [4.78, 5) is 12.3. The fourth-order valence-electron chi connectivity index (χ4n) is 2.66. The number of nitrogens with one attached hydrogen (secondary N) is 1. The van der Waals surface area contributed by atoms with E-state index in [9.17, 15) is 4.79 Å². The SMILES string of the molecule is CCn1ncc(N)c1C(=O)NC1CCCCC1C. The van der Waals surface area contributed by atoms with Crippen LogP contribution >= 0.6 is 0 Å². The molecule has 0 radical (unpaired) electrons. The van der Waals surface area contributed by atoms with Crippen molar-refractivity contribution in [3.63, 3.8) is 0 Å². The van der Waals surface area contributed by atoms with Gasteiger partial charge in [0, 0.05) is 12.6 Å². The Morgan fingerprint density at radius 1 is 1.56 bits per heavy atom. The van der Waals surface area contributed by atoms with Gasteiger partial charge < -0.3 is 11.1 Å². The topological polar surface area (TPSA) is 72.9 Å². The molecule has 1 aromatic heterocycles. The van der Waals surface area contributed by atoms with Crippen LogP contribution in [0.1, 0.15) is 50.0 Å². The van der Waals surface area contributed by atoms with Crippen LogP contribution < -0.4 is 11.1 Å². The Morgan fingerprint density at radius 3 is 2.94 bits per heavy atom. The first-order valence-corrected chi connectivity index (χ1v) is 6.75. The second-order valence-corrected chi connectivity index (χ2v) is 5.11. The number of nitrogens with zero attached hydrogens (tertiary/aromatic N) is 2. The van der Waals surface area contributed by atoms with Gasteiger partial charge in [-0.15, -0.1) is 0 Å². The first-order valence-electron chi connectivity index (χ1n) is 6.75. The Labute approximate surface area is 108 Å². The summed E-state index contributed by atoms with van der Waals surface area (Å²) in [6.45, 7) is 4.80. The number of nitrogen functional groups attached to an aromatic ring is 1. The van der Waals surface area contributed by atoms with Crippen LogP contribution in [0.4, 0.5) is 5.69 Å². The van der Waals surface area contributed by atoms with Gasteiger partial charge in [-0.3, -0.25) is 9.48 Å². The third-order valence-electron chi connectivity index (χ3n) is 3.81. The lowest BCUT2D eigenvalue weighted by atomic mass is 9.86. The van der Waals surface area contributed by atoms with Gasteiger partial charge >= 0.3 is 0 Å². The molecule has 2 unspecified atom stereocenters. The quantitative estimate of drug-likeness (QED) is 0.859. The minimum atomic E-state index is -0.0920. The predicted octanol–water partition coefficient (Wildman–Crippen LogP) is 1.79. The molecule has 0 aliphatic heterocycles. The molecule has 1 aromatic rings. The van der Waals surface area contributed by atoms with Crippen LogP contribution in [0.2, 0.25) is 0 Å². The highest BCUT2D eigenvalue weighted by Crippen LogP contribution is 2.24. The fourth-order valence-corrected chi connectivity index (χ4v) is 2.66. The predicted molar refractivity (Wildman–Crippen MR) is 71.2 cm³/mol. The van der Waals surface area contributed by atoms with Gasteiger partial charge in [-0.1, -0.05) is 19.8 Å². The number of amides is 1. The molecule has 3 N–H and O–H groups in total. The van der Waals surface area contributed by atoms with Gasteiger partial charge in [-0.25, -0.2) is 0 Å². The number of nitrogens with two attached hydrogens (primary N) is 1. The van der Waals surface area contributed by atoms with Crippen molar-refractivity contribution in [3.05, 3.63) is 11.9 Å². The summed E-state index contributed by atoms with van der Waals surface area (Å²) in [7, 11) is 0. The van der Waals surface area contributed by atoms with E-state index in [1.54, 1.807) is 10.9 Å². The molecule has 18 heavy (non-hydrogen) atoms. The average Bonchev–Trinajstić information content (AvgIpc) is 2.73. The number of aryl methyl sites for hydroxylation is 1. The summed E-state index contributed by atoms with van der Waals surface area (Å²) >= 11 is 0. The Bertz CT molecular complexity index is 427. The van der Waals surface area contributed by atoms with Crippen LogP contribution in [-0.2, 0) is 6.54 Å². The van der Waals surface area contributed by atoms with Crippen LogP contribution in [0, 0.1) is 5.92 Å². The number of carbonyl (C=O) groups excluding carboxylic acids is 1. The number of rotatable bonds is 3. The van der Waals surface area contributed by atoms with E-state index in [2.05, 4.69) is 17.3 Å². The van der Waals surface area contributed by atoms with E-state index in [1.165, 1.54) is 19.3 Å². The van der Waals surface area contributed by atoms with Gasteiger partial charge in [0.1, 0.15) is 5.69 Å². The van der Waals surface area contributed by atoms with Crippen LogP contribution in [0.3, 0.4) is 0 Å². The van der Waals surface area contributed by atoms with Gasteiger partial charge in [0.2, 0.25) is 0 Å². The van der Waals surface area contributed by atoms with Gasteiger partial charge in [0.05, 0.1) is 11.9 Å². The highest BCUT2D eigenvalue weighted by atomic mass is 16.2. The molecule has 5 nitrogen and oxygen atoms in total. The molecular formula is C13H22N4O. The molecule has 100 valence electrons. The van der Waals surface area contributed by atoms with Gasteiger partial charge in [-0.2, -0.15) is 5.10 Å². The maximum Gasteiger partial charge on any atom is 0.271 e. The Balaban J connectivity index is 2.09. The van der Waals surface area contributed by atoms with Crippen molar-refractivity contribution in [2.45, 2.75) is 52.1 Å². The van der Waals surface area contributed by atoms with Gasteiger partial charge in [-0.05, 0) is 25.7 Å². The Hall–Kier alpha value is -1.52. The standard InChI is InChI=1S/C13H22N4O/c1-3-17-12(10(14)8-15-17)13(18)16-11-7-5-4-6-9(11)2/h8-9,11H,3-7,14H2,1-2H3,(H,16,18). The van der Waals surface area contributed by atoms with Crippen LogP contribution in [0.15, 0.2) is 6.20 Å². The molecule has 1 saturated carbocycles.